The molecular formula is C48H38N4. The molecule has 1 atom stereocenters. The molecule has 52 heavy (non-hydrogen) atoms. The van der Waals surface area contributed by atoms with Gasteiger partial charge in [0.25, 0.3) is 0 Å². The number of hydrogen-bond donors (Lipinski definition) is 1. The lowest BCUT2D eigenvalue weighted by Gasteiger charge is -2.24. The average molecular weight is 671 g/mol. The summed E-state index contributed by atoms with van der Waals surface area (Å²) in [5.74, 6) is 1.51. The van der Waals surface area contributed by atoms with Crippen molar-refractivity contribution in [2.45, 2.75) is 31.8 Å². The molecule has 4 nitrogen and oxygen atoms in total. The molecule has 0 bridgehead atoms. The number of amidine groups is 2. The summed E-state index contributed by atoms with van der Waals surface area (Å²) >= 11 is 0. The van der Waals surface area contributed by atoms with Gasteiger partial charge in [0.2, 0.25) is 0 Å². The molecule has 1 aromatic heterocycles. The van der Waals surface area contributed by atoms with Gasteiger partial charge in [0.05, 0.1) is 5.69 Å². The predicted octanol–water partition coefficient (Wildman–Crippen LogP) is 11.3. The van der Waals surface area contributed by atoms with Gasteiger partial charge >= 0.3 is 0 Å². The smallest absolute Gasteiger partial charge is 0.159 e. The Morgan fingerprint density at radius 2 is 1.19 bits per heavy atom. The number of aryl methyl sites for hydroxylation is 1. The highest BCUT2D eigenvalue weighted by Gasteiger charge is 2.22. The fraction of sp³-hybridized carbons (Fsp3) is 0.104. The van der Waals surface area contributed by atoms with Gasteiger partial charge < -0.3 is 5.32 Å². The maximum absolute atomic E-state index is 5.16. The van der Waals surface area contributed by atoms with Crippen LogP contribution >= 0.6 is 0 Å². The van der Waals surface area contributed by atoms with Crippen molar-refractivity contribution in [3.63, 3.8) is 0 Å². The lowest BCUT2D eigenvalue weighted by molar-refractivity contribution is 0.674. The maximum atomic E-state index is 5.16. The number of aromatic nitrogens is 1. The molecule has 1 unspecified atom stereocenters. The first kappa shape index (κ1) is 31.6. The Hall–Kier alpha value is -6.39. The van der Waals surface area contributed by atoms with E-state index < -0.39 is 0 Å². The summed E-state index contributed by atoms with van der Waals surface area (Å²) in [6, 6.07) is 47.4. The van der Waals surface area contributed by atoms with Crippen molar-refractivity contribution in [1.82, 2.24) is 10.3 Å². The van der Waals surface area contributed by atoms with E-state index in [2.05, 4.69) is 145 Å². The van der Waals surface area contributed by atoms with Crippen molar-refractivity contribution in [2.24, 2.45) is 9.98 Å². The molecule has 0 radical (unpaired) electrons. The Morgan fingerprint density at radius 1 is 0.538 bits per heavy atom. The number of hydrogen-bond acceptors (Lipinski definition) is 4. The van der Waals surface area contributed by atoms with E-state index in [-0.39, 0.29) is 6.17 Å². The molecule has 3 aliphatic rings. The van der Waals surface area contributed by atoms with Gasteiger partial charge in [0, 0.05) is 28.5 Å². The fourth-order valence-corrected chi connectivity index (χ4v) is 7.31. The summed E-state index contributed by atoms with van der Waals surface area (Å²) in [4.78, 5) is 15.0. The summed E-state index contributed by atoms with van der Waals surface area (Å²) in [6.45, 7) is 0. The molecule has 5 aromatic carbocycles. The third kappa shape index (κ3) is 6.47. The number of rotatable bonds is 7. The van der Waals surface area contributed by atoms with Crippen LogP contribution < -0.4 is 5.32 Å². The second-order valence-electron chi connectivity index (χ2n) is 13.5. The van der Waals surface area contributed by atoms with Crippen molar-refractivity contribution < 1.29 is 0 Å². The molecule has 1 N–H and O–H groups in total. The molecule has 9 rings (SSSR count). The molecule has 1 aliphatic heterocycles. The number of pyridine rings is 1. The Kier molecular flexibility index (Phi) is 8.55. The minimum absolute atomic E-state index is 0.273. The molecule has 250 valence electrons. The summed E-state index contributed by atoms with van der Waals surface area (Å²) in [7, 11) is 0. The van der Waals surface area contributed by atoms with E-state index in [1.54, 1.807) is 0 Å². The Balaban J connectivity index is 1.14. The molecule has 6 aromatic rings. The van der Waals surface area contributed by atoms with Crippen molar-refractivity contribution >= 4 is 23.3 Å². The van der Waals surface area contributed by atoms with E-state index in [0.717, 1.165) is 81.7 Å². The number of nitrogens with one attached hydrogen (secondary N) is 1. The van der Waals surface area contributed by atoms with E-state index >= 15 is 0 Å². The van der Waals surface area contributed by atoms with Crippen molar-refractivity contribution in [3.8, 4) is 33.5 Å². The molecule has 0 fully saturated rings. The third-order valence-electron chi connectivity index (χ3n) is 10.1. The summed E-state index contributed by atoms with van der Waals surface area (Å²) in [6.07, 6.45) is 17.3. The van der Waals surface area contributed by atoms with Gasteiger partial charge in [-0.3, -0.25) is 4.98 Å². The molecule has 0 spiro atoms. The molecule has 2 aliphatic carbocycles. The van der Waals surface area contributed by atoms with Crippen LogP contribution in [0, 0.1) is 0 Å². The molecule has 0 saturated carbocycles. The van der Waals surface area contributed by atoms with E-state index in [9.17, 15) is 0 Å². The molecule has 4 heteroatoms. The van der Waals surface area contributed by atoms with E-state index in [1.807, 2.05) is 30.5 Å². The zero-order valence-corrected chi connectivity index (χ0v) is 28.9. The van der Waals surface area contributed by atoms with Crippen molar-refractivity contribution in [3.05, 3.63) is 197 Å². The van der Waals surface area contributed by atoms with Gasteiger partial charge in [-0.1, -0.05) is 140 Å². The highest BCUT2D eigenvalue weighted by Crippen LogP contribution is 2.34. The minimum atomic E-state index is -0.273. The zero-order chi connectivity index (χ0) is 34.7. The molecule has 0 amide bonds. The summed E-state index contributed by atoms with van der Waals surface area (Å²) in [5.41, 5.74) is 14.9. The SMILES string of the molecule is C1=CC(c2ccc(-c3cc(C4=NC(c5ccccc5)=NC(c5ccccc5)N4)cc(-c4ccc(-c5nccc6c5C=CCC6)cc4)c3)cc2)=CCC1. The van der Waals surface area contributed by atoms with E-state index in [1.165, 1.54) is 22.3 Å². The average Bonchev–Trinajstić information content (AvgIpc) is 3.24. The zero-order valence-electron chi connectivity index (χ0n) is 28.9. The largest absolute Gasteiger partial charge is 0.344 e. The van der Waals surface area contributed by atoms with Crippen molar-refractivity contribution in [2.75, 3.05) is 0 Å². The number of fused-ring (bicyclic) bond motifs is 1. The first-order valence-corrected chi connectivity index (χ1v) is 18.2. The van der Waals surface area contributed by atoms with Crippen LogP contribution in [0.15, 0.2) is 174 Å². The minimum Gasteiger partial charge on any atom is -0.344 e. The normalized spacial score (nSPS) is 16.3. The number of aliphatic imine (C=N–C) groups is 2. The topological polar surface area (TPSA) is 49.6 Å². The van der Waals surface area contributed by atoms with Gasteiger partial charge in [-0.2, -0.15) is 0 Å². The van der Waals surface area contributed by atoms with Crippen LogP contribution in [-0.4, -0.2) is 16.7 Å². The quantitative estimate of drug-likeness (QED) is 0.184. The number of benzene rings is 5. The highest BCUT2D eigenvalue weighted by molar-refractivity contribution is 6.13. The van der Waals surface area contributed by atoms with Gasteiger partial charge in [-0.15, -0.1) is 0 Å². The van der Waals surface area contributed by atoms with Crippen LogP contribution in [-0.2, 0) is 6.42 Å². The van der Waals surface area contributed by atoms with Crippen LogP contribution in [0.25, 0.3) is 45.2 Å². The highest BCUT2D eigenvalue weighted by atomic mass is 15.2. The van der Waals surface area contributed by atoms with Crippen LogP contribution in [0.3, 0.4) is 0 Å². The summed E-state index contributed by atoms with van der Waals surface area (Å²) in [5, 5.41) is 3.69. The van der Waals surface area contributed by atoms with Crippen LogP contribution in [0.1, 0.15) is 58.8 Å². The monoisotopic (exact) mass is 670 g/mol. The molecule has 2 heterocycles. The second kappa shape index (κ2) is 14.1. The van der Waals surface area contributed by atoms with Gasteiger partial charge in [0.15, 0.2) is 5.84 Å². The number of allylic oxidation sites excluding steroid dienone is 5. The van der Waals surface area contributed by atoms with Crippen LogP contribution in [0.4, 0.5) is 0 Å². The lowest BCUT2D eigenvalue weighted by Crippen LogP contribution is -2.33. The van der Waals surface area contributed by atoms with E-state index in [4.69, 9.17) is 15.0 Å². The van der Waals surface area contributed by atoms with Crippen molar-refractivity contribution in [1.29, 1.82) is 0 Å². The fourth-order valence-electron chi connectivity index (χ4n) is 7.31. The number of nitrogens with zero attached hydrogens (tertiary/aromatic N) is 3. The van der Waals surface area contributed by atoms with E-state index in [0.29, 0.717) is 5.84 Å². The Morgan fingerprint density at radius 3 is 1.90 bits per heavy atom. The van der Waals surface area contributed by atoms with Crippen LogP contribution in [0.2, 0.25) is 0 Å². The van der Waals surface area contributed by atoms with Gasteiger partial charge in [0.1, 0.15) is 12.0 Å². The Bertz CT molecular complexity index is 2400. The molecular weight excluding hydrogens is 633 g/mol. The van der Waals surface area contributed by atoms with Gasteiger partial charge in [-0.05, 0) is 94.5 Å². The third-order valence-corrected chi connectivity index (χ3v) is 10.1. The van der Waals surface area contributed by atoms with Gasteiger partial charge in [-0.25, -0.2) is 9.98 Å². The summed E-state index contributed by atoms with van der Waals surface area (Å²) < 4.78 is 0. The first-order valence-electron chi connectivity index (χ1n) is 18.2. The lowest BCUT2D eigenvalue weighted by atomic mass is 9.92. The Labute approximate surface area is 305 Å². The predicted molar refractivity (Wildman–Crippen MR) is 216 cm³/mol. The second-order valence-corrected chi connectivity index (χ2v) is 13.5. The molecule has 0 saturated heterocycles. The first-order chi connectivity index (χ1) is 25.7. The van der Waals surface area contributed by atoms with Crippen LogP contribution in [0.5, 0.6) is 0 Å². The standard InChI is InChI=1S/C48H38N4/c1-4-12-33(13-5-1)34-20-22-35(23-21-34)41-30-42(36-24-26-38(27-25-36)45-44-19-11-10-14-37(44)28-29-49-45)32-43(31-41)48-51-46(39-15-6-2-7-16-39)50-47(52-48)40-17-8-3-9-18-40/h2-4,6-9,11-13,15-32,46H,1,5,10,14H2,(H,50,51,52). The maximum Gasteiger partial charge on any atom is 0.159 e.